The Hall–Kier alpha value is -1.53. The van der Waals surface area contributed by atoms with Gasteiger partial charge in [0.25, 0.3) is 5.69 Å². The molecule has 0 saturated carbocycles. The zero-order valence-corrected chi connectivity index (χ0v) is 11.9. The van der Waals surface area contributed by atoms with E-state index in [4.69, 9.17) is 0 Å². The summed E-state index contributed by atoms with van der Waals surface area (Å²) in [4.78, 5) is 14.7. The highest BCUT2D eigenvalue weighted by atomic mass is 19.1. The van der Waals surface area contributed by atoms with Crippen molar-refractivity contribution in [1.82, 2.24) is 9.80 Å². The van der Waals surface area contributed by atoms with Gasteiger partial charge in [0.1, 0.15) is 5.82 Å². The molecule has 110 valence electrons. The van der Waals surface area contributed by atoms with Crippen molar-refractivity contribution in [3.8, 4) is 0 Å². The van der Waals surface area contributed by atoms with Crippen LogP contribution in [0.15, 0.2) is 18.2 Å². The van der Waals surface area contributed by atoms with Crippen molar-refractivity contribution in [2.75, 3.05) is 27.2 Å². The van der Waals surface area contributed by atoms with Gasteiger partial charge in [-0.25, -0.2) is 4.39 Å². The zero-order chi connectivity index (χ0) is 14.7. The number of nitro groups is 1. The van der Waals surface area contributed by atoms with E-state index in [0.717, 1.165) is 25.9 Å². The molecule has 1 aromatic carbocycles. The summed E-state index contributed by atoms with van der Waals surface area (Å²) in [6.07, 6.45) is 2.15. The predicted octanol–water partition coefficient (Wildman–Crippen LogP) is 2.26. The van der Waals surface area contributed by atoms with Gasteiger partial charge in [0, 0.05) is 25.2 Å². The number of halogens is 1. The lowest BCUT2D eigenvalue weighted by Gasteiger charge is -2.36. The lowest BCUT2D eigenvalue weighted by molar-refractivity contribution is -0.386. The van der Waals surface area contributed by atoms with Gasteiger partial charge >= 0.3 is 0 Å². The van der Waals surface area contributed by atoms with Gasteiger partial charge in [0.05, 0.1) is 10.5 Å². The molecule has 1 aliphatic rings. The third-order valence-corrected chi connectivity index (χ3v) is 3.88. The molecule has 2 rings (SSSR count). The summed E-state index contributed by atoms with van der Waals surface area (Å²) in [5.41, 5.74) is 0.0638. The maximum Gasteiger partial charge on any atom is 0.276 e. The fourth-order valence-electron chi connectivity index (χ4n) is 2.69. The normalized spacial score (nSPS) is 20.3. The molecular formula is C14H20FN3O2. The summed E-state index contributed by atoms with van der Waals surface area (Å²) < 4.78 is 13.9. The minimum Gasteiger partial charge on any atom is -0.305 e. The summed E-state index contributed by atoms with van der Waals surface area (Å²) in [6, 6.07) is 4.46. The monoisotopic (exact) mass is 281 g/mol. The number of likely N-dealkylation sites (tertiary alicyclic amines) is 1. The number of nitrogens with zero attached hydrogens (tertiary/aromatic N) is 3. The van der Waals surface area contributed by atoms with Crippen molar-refractivity contribution in [2.45, 2.75) is 25.4 Å². The van der Waals surface area contributed by atoms with Crippen molar-refractivity contribution >= 4 is 5.69 Å². The van der Waals surface area contributed by atoms with E-state index in [1.165, 1.54) is 18.2 Å². The molecule has 1 unspecified atom stereocenters. The number of nitro benzene ring substituents is 1. The molecule has 1 aliphatic heterocycles. The molecule has 1 aromatic rings. The Kier molecular flexibility index (Phi) is 4.67. The Bertz CT molecular complexity index is 493. The Balaban J connectivity index is 2.15. The van der Waals surface area contributed by atoms with Crippen LogP contribution in [-0.4, -0.2) is 47.9 Å². The van der Waals surface area contributed by atoms with Crippen LogP contribution >= 0.6 is 0 Å². The van der Waals surface area contributed by atoms with Gasteiger partial charge in [-0.2, -0.15) is 0 Å². The second-order valence-corrected chi connectivity index (χ2v) is 5.49. The van der Waals surface area contributed by atoms with Crippen molar-refractivity contribution < 1.29 is 9.31 Å². The second kappa shape index (κ2) is 6.28. The van der Waals surface area contributed by atoms with Crippen LogP contribution in [-0.2, 0) is 6.54 Å². The first-order valence-electron chi connectivity index (χ1n) is 6.79. The predicted molar refractivity (Wildman–Crippen MR) is 75.0 cm³/mol. The largest absolute Gasteiger partial charge is 0.305 e. The number of piperidine rings is 1. The molecule has 0 amide bonds. The first-order valence-corrected chi connectivity index (χ1v) is 6.79. The molecule has 0 aromatic heterocycles. The highest BCUT2D eigenvalue weighted by Gasteiger charge is 2.25. The van der Waals surface area contributed by atoms with Crippen molar-refractivity contribution in [1.29, 1.82) is 0 Å². The first kappa shape index (κ1) is 14.9. The van der Waals surface area contributed by atoms with Gasteiger partial charge < -0.3 is 4.90 Å². The van der Waals surface area contributed by atoms with E-state index in [2.05, 4.69) is 9.80 Å². The van der Waals surface area contributed by atoms with Gasteiger partial charge in [-0.05, 0) is 39.5 Å². The van der Waals surface area contributed by atoms with Gasteiger partial charge in [0.15, 0.2) is 0 Å². The van der Waals surface area contributed by atoms with Crippen molar-refractivity contribution in [3.63, 3.8) is 0 Å². The van der Waals surface area contributed by atoms with Gasteiger partial charge in [-0.1, -0.05) is 6.07 Å². The Morgan fingerprint density at radius 2 is 2.25 bits per heavy atom. The summed E-state index contributed by atoms with van der Waals surface area (Å²) in [5, 5.41) is 11.0. The molecule has 1 heterocycles. The summed E-state index contributed by atoms with van der Waals surface area (Å²) in [6.45, 7) is 1.97. The van der Waals surface area contributed by atoms with Crippen LogP contribution in [0.5, 0.6) is 0 Å². The van der Waals surface area contributed by atoms with Crippen LogP contribution in [0.25, 0.3) is 0 Å². The fraction of sp³-hybridized carbons (Fsp3) is 0.571. The molecule has 1 saturated heterocycles. The van der Waals surface area contributed by atoms with E-state index < -0.39 is 10.7 Å². The Labute approximate surface area is 118 Å². The number of likely N-dealkylation sites (N-methyl/N-ethyl adjacent to an activating group) is 1. The minimum absolute atomic E-state index is 0.128. The molecule has 20 heavy (non-hydrogen) atoms. The van der Waals surface area contributed by atoms with E-state index in [9.17, 15) is 14.5 Å². The molecule has 1 fully saturated rings. The zero-order valence-electron chi connectivity index (χ0n) is 11.9. The lowest BCUT2D eigenvalue weighted by atomic mass is 10.0. The maximum atomic E-state index is 13.9. The summed E-state index contributed by atoms with van der Waals surface area (Å²) >= 11 is 0. The molecule has 0 N–H and O–H groups in total. The SMILES string of the molecule is CN(C)C1CCCN(Cc2c(F)cccc2[N+](=O)[O-])C1. The number of rotatable bonds is 4. The van der Waals surface area contributed by atoms with E-state index in [0.29, 0.717) is 12.6 Å². The fourth-order valence-corrected chi connectivity index (χ4v) is 2.69. The number of hydrogen-bond acceptors (Lipinski definition) is 4. The Morgan fingerprint density at radius 3 is 2.90 bits per heavy atom. The topological polar surface area (TPSA) is 49.6 Å². The van der Waals surface area contributed by atoms with E-state index in [-0.39, 0.29) is 11.3 Å². The van der Waals surface area contributed by atoms with Crippen LogP contribution in [0.1, 0.15) is 18.4 Å². The highest BCUT2D eigenvalue weighted by Crippen LogP contribution is 2.25. The van der Waals surface area contributed by atoms with Gasteiger partial charge in [-0.3, -0.25) is 15.0 Å². The Morgan fingerprint density at radius 1 is 1.50 bits per heavy atom. The van der Waals surface area contributed by atoms with E-state index in [1.807, 2.05) is 14.1 Å². The van der Waals surface area contributed by atoms with E-state index in [1.54, 1.807) is 0 Å². The third-order valence-electron chi connectivity index (χ3n) is 3.88. The molecule has 1 atom stereocenters. The maximum absolute atomic E-state index is 13.9. The number of benzene rings is 1. The van der Waals surface area contributed by atoms with Crippen LogP contribution in [0.2, 0.25) is 0 Å². The molecule has 0 aliphatic carbocycles. The number of hydrogen-bond donors (Lipinski definition) is 0. The van der Waals surface area contributed by atoms with Crippen molar-refractivity contribution in [2.24, 2.45) is 0 Å². The average molecular weight is 281 g/mol. The summed E-state index contributed by atoms with van der Waals surface area (Å²) in [5.74, 6) is -0.494. The summed E-state index contributed by atoms with van der Waals surface area (Å²) in [7, 11) is 4.05. The van der Waals surface area contributed by atoms with Crippen LogP contribution in [0, 0.1) is 15.9 Å². The van der Waals surface area contributed by atoms with Gasteiger partial charge in [0.2, 0.25) is 0 Å². The molecule has 0 bridgehead atoms. The molecule has 5 nitrogen and oxygen atoms in total. The van der Waals surface area contributed by atoms with Crippen LogP contribution in [0.4, 0.5) is 10.1 Å². The molecular weight excluding hydrogens is 261 g/mol. The first-order chi connectivity index (χ1) is 9.49. The highest BCUT2D eigenvalue weighted by molar-refractivity contribution is 5.40. The van der Waals surface area contributed by atoms with Crippen LogP contribution in [0.3, 0.4) is 0 Å². The molecule has 0 radical (unpaired) electrons. The second-order valence-electron chi connectivity index (χ2n) is 5.49. The van der Waals surface area contributed by atoms with Crippen molar-refractivity contribution in [3.05, 3.63) is 39.7 Å². The lowest BCUT2D eigenvalue weighted by Crippen LogP contribution is -2.44. The van der Waals surface area contributed by atoms with E-state index >= 15 is 0 Å². The minimum atomic E-state index is -0.508. The third kappa shape index (κ3) is 3.32. The quantitative estimate of drug-likeness (QED) is 0.627. The average Bonchev–Trinajstić information content (AvgIpc) is 2.41. The molecule has 0 spiro atoms. The van der Waals surface area contributed by atoms with Gasteiger partial charge in [-0.15, -0.1) is 0 Å². The molecule has 6 heteroatoms. The van der Waals surface area contributed by atoms with Crippen LogP contribution < -0.4 is 0 Å². The smallest absolute Gasteiger partial charge is 0.276 e. The standard InChI is InChI=1S/C14H20FN3O2/c1-16(2)11-5-4-8-17(9-11)10-12-13(15)6-3-7-14(12)18(19)20/h3,6-7,11H,4-5,8-10H2,1-2H3.